The van der Waals surface area contributed by atoms with E-state index in [1.54, 1.807) is 25.2 Å². The lowest BCUT2D eigenvalue weighted by molar-refractivity contribution is -0.154. The first-order valence-corrected chi connectivity index (χ1v) is 15.6. The van der Waals surface area contributed by atoms with Gasteiger partial charge in [-0.05, 0) is 63.2 Å². The summed E-state index contributed by atoms with van der Waals surface area (Å²) in [6.45, 7) is 11.2. The number of aromatic nitrogens is 1. The maximum absolute atomic E-state index is 14.0. The summed E-state index contributed by atoms with van der Waals surface area (Å²) in [6, 6.07) is 9.63. The molecule has 1 aromatic heterocycles. The Labute approximate surface area is 248 Å². The summed E-state index contributed by atoms with van der Waals surface area (Å²) in [5, 5.41) is 25.6. The third-order valence-electron chi connectivity index (χ3n) is 9.05. The Morgan fingerprint density at radius 3 is 2.54 bits per heavy atom. The molecule has 0 radical (unpaired) electrons. The van der Waals surface area contributed by atoms with Gasteiger partial charge in [-0.25, -0.2) is 4.98 Å². The Kier molecular flexibility index (Phi) is 9.89. The van der Waals surface area contributed by atoms with Gasteiger partial charge in [-0.3, -0.25) is 9.59 Å². The lowest BCUT2D eigenvalue weighted by atomic mass is 9.70. The highest BCUT2D eigenvalue weighted by Gasteiger charge is 2.53. The van der Waals surface area contributed by atoms with Gasteiger partial charge in [0.25, 0.3) is 0 Å². The first kappa shape index (κ1) is 31.5. The SMILES string of the molecule is CC(=Cc1csc(C)n1)[C@@H]1C[C@H]2O[C@@]2(C)CCC[C@H](C)[C@H](O)[C@@H](Cc2ccccc2)C(=O)C(C)(C)[C@@H](O)CC(=O)O1. The molecule has 2 aromatic rings. The van der Waals surface area contributed by atoms with Crippen molar-refractivity contribution in [3.8, 4) is 0 Å². The maximum Gasteiger partial charge on any atom is 0.309 e. The number of carbonyl (C=O) groups is 2. The van der Waals surface area contributed by atoms with Gasteiger partial charge in [0.05, 0.1) is 46.5 Å². The number of aliphatic hydroxyl groups excluding tert-OH is 2. The number of benzene rings is 1. The van der Waals surface area contributed by atoms with Crippen LogP contribution in [0, 0.1) is 24.2 Å². The molecule has 0 aliphatic carbocycles. The summed E-state index contributed by atoms with van der Waals surface area (Å²) < 4.78 is 12.1. The fraction of sp³-hybridized carbons (Fsp3) is 0.606. The molecule has 3 heterocycles. The average Bonchev–Trinajstić information content (AvgIpc) is 3.37. The van der Waals surface area contributed by atoms with E-state index in [9.17, 15) is 19.8 Å². The van der Waals surface area contributed by atoms with E-state index in [4.69, 9.17) is 9.47 Å². The highest BCUT2D eigenvalue weighted by atomic mass is 32.1. The standard InChI is InChI=1S/C33H45NO6S/c1-20-11-10-14-33(6)28(40-33)17-26(21(2)15-24-19-41-22(3)34-24)39-29(36)18-27(35)32(4,5)31(38)25(30(20)37)16-23-12-8-7-9-13-23/h7-9,12-13,15,19-20,25-28,30,35,37H,10-11,14,16-18H2,1-6H3/t20-,25+,26-,27-,28+,30-,33-/m0/s1. The molecule has 1 aromatic carbocycles. The van der Waals surface area contributed by atoms with E-state index < -0.39 is 35.6 Å². The van der Waals surface area contributed by atoms with Gasteiger partial charge in [0.2, 0.25) is 0 Å². The van der Waals surface area contributed by atoms with E-state index in [-0.39, 0.29) is 29.8 Å². The van der Waals surface area contributed by atoms with Crippen molar-refractivity contribution in [1.82, 2.24) is 4.98 Å². The van der Waals surface area contributed by atoms with E-state index in [0.717, 1.165) is 41.1 Å². The Balaban J connectivity index is 1.61. The van der Waals surface area contributed by atoms with Crippen LogP contribution in [0.25, 0.3) is 6.08 Å². The van der Waals surface area contributed by atoms with Crippen molar-refractivity contribution in [3.05, 3.63) is 57.6 Å². The third kappa shape index (κ3) is 7.72. The van der Waals surface area contributed by atoms with Crippen LogP contribution in [0.5, 0.6) is 0 Å². The minimum absolute atomic E-state index is 0.0669. The number of cyclic esters (lactones) is 1. The van der Waals surface area contributed by atoms with Crippen molar-refractivity contribution < 1.29 is 29.3 Å². The van der Waals surface area contributed by atoms with Crippen LogP contribution >= 0.6 is 11.3 Å². The number of Topliss-reactive ketones (excluding diaryl/α,β-unsaturated/α-hetero) is 1. The zero-order valence-corrected chi connectivity index (χ0v) is 25.9. The molecule has 2 fully saturated rings. The van der Waals surface area contributed by atoms with E-state index in [0.29, 0.717) is 12.8 Å². The van der Waals surface area contributed by atoms with Crippen LogP contribution in [-0.2, 0) is 25.5 Å². The number of carbonyl (C=O) groups excluding carboxylic acids is 2. The number of fused-ring (bicyclic) bond motifs is 1. The van der Waals surface area contributed by atoms with Crippen LogP contribution in [0.1, 0.15) is 83.0 Å². The molecule has 2 saturated heterocycles. The fourth-order valence-corrected chi connectivity index (χ4v) is 6.51. The predicted molar refractivity (Wildman–Crippen MR) is 160 cm³/mol. The Bertz CT molecular complexity index is 1240. The number of thiazole rings is 1. The predicted octanol–water partition coefficient (Wildman–Crippen LogP) is 5.70. The number of nitrogens with zero attached hydrogens (tertiary/aromatic N) is 1. The average molecular weight is 584 g/mol. The zero-order valence-electron chi connectivity index (χ0n) is 25.1. The number of esters is 1. The molecule has 2 aliphatic heterocycles. The highest BCUT2D eigenvalue weighted by Crippen LogP contribution is 2.45. The minimum Gasteiger partial charge on any atom is -0.458 e. The van der Waals surface area contributed by atoms with Gasteiger partial charge in [-0.2, -0.15) is 0 Å². The summed E-state index contributed by atoms with van der Waals surface area (Å²) in [5.74, 6) is -1.68. The van der Waals surface area contributed by atoms with E-state index in [2.05, 4.69) is 11.9 Å². The number of epoxide rings is 1. The molecule has 8 heteroatoms. The van der Waals surface area contributed by atoms with Gasteiger partial charge in [-0.1, -0.05) is 57.5 Å². The zero-order chi connectivity index (χ0) is 29.9. The van der Waals surface area contributed by atoms with Crippen LogP contribution < -0.4 is 0 Å². The molecule has 2 aliphatic rings. The number of aryl methyl sites for hydroxylation is 1. The molecule has 224 valence electrons. The molecular formula is C33H45NO6S. The van der Waals surface area contributed by atoms with Crippen LogP contribution in [0.2, 0.25) is 0 Å². The third-order valence-corrected chi connectivity index (χ3v) is 9.84. The number of ketones is 1. The summed E-state index contributed by atoms with van der Waals surface area (Å²) in [7, 11) is 0. The van der Waals surface area contributed by atoms with Gasteiger partial charge in [0.15, 0.2) is 0 Å². The van der Waals surface area contributed by atoms with E-state index in [1.807, 2.05) is 62.6 Å². The quantitative estimate of drug-likeness (QED) is 0.351. The first-order chi connectivity index (χ1) is 19.3. The molecule has 0 amide bonds. The molecule has 4 rings (SSSR count). The van der Waals surface area contributed by atoms with Crippen molar-refractivity contribution in [1.29, 1.82) is 0 Å². The molecule has 0 bridgehead atoms. The van der Waals surface area contributed by atoms with Crippen molar-refractivity contribution in [2.75, 3.05) is 0 Å². The molecule has 0 spiro atoms. The van der Waals surface area contributed by atoms with Gasteiger partial charge in [0.1, 0.15) is 11.9 Å². The summed E-state index contributed by atoms with van der Waals surface area (Å²) in [4.78, 5) is 31.7. The number of aliphatic hydroxyl groups is 2. The van der Waals surface area contributed by atoms with Crippen molar-refractivity contribution >= 4 is 29.2 Å². The van der Waals surface area contributed by atoms with Gasteiger partial charge in [0, 0.05) is 17.7 Å². The summed E-state index contributed by atoms with van der Waals surface area (Å²) in [5.41, 5.74) is 1.01. The Morgan fingerprint density at radius 2 is 1.88 bits per heavy atom. The monoisotopic (exact) mass is 583 g/mol. The maximum atomic E-state index is 14.0. The highest BCUT2D eigenvalue weighted by molar-refractivity contribution is 7.09. The second kappa shape index (κ2) is 12.9. The molecular weight excluding hydrogens is 538 g/mol. The number of hydrogen-bond acceptors (Lipinski definition) is 8. The smallest absolute Gasteiger partial charge is 0.309 e. The fourth-order valence-electron chi connectivity index (χ4n) is 5.94. The van der Waals surface area contributed by atoms with Crippen LogP contribution in [-0.4, -0.2) is 57.0 Å². The van der Waals surface area contributed by atoms with Crippen LogP contribution in [0.4, 0.5) is 0 Å². The molecule has 0 saturated carbocycles. The normalized spacial score (nSPS) is 33.6. The van der Waals surface area contributed by atoms with E-state index in [1.165, 1.54) is 0 Å². The lowest BCUT2D eigenvalue weighted by Crippen LogP contribution is -2.47. The molecule has 41 heavy (non-hydrogen) atoms. The van der Waals surface area contributed by atoms with Gasteiger partial charge < -0.3 is 19.7 Å². The Hall–Kier alpha value is -2.39. The van der Waals surface area contributed by atoms with Crippen molar-refractivity contribution in [3.63, 3.8) is 0 Å². The van der Waals surface area contributed by atoms with Crippen molar-refractivity contribution in [2.24, 2.45) is 17.3 Å². The number of hydrogen-bond donors (Lipinski definition) is 2. The number of rotatable bonds is 4. The molecule has 7 atom stereocenters. The Morgan fingerprint density at radius 1 is 1.17 bits per heavy atom. The van der Waals surface area contributed by atoms with Gasteiger partial charge in [-0.15, -0.1) is 11.3 Å². The molecule has 0 unspecified atom stereocenters. The second-order valence-electron chi connectivity index (χ2n) is 12.8. The molecule has 7 nitrogen and oxygen atoms in total. The number of ether oxygens (including phenoxy) is 2. The largest absolute Gasteiger partial charge is 0.458 e. The van der Waals surface area contributed by atoms with E-state index >= 15 is 0 Å². The van der Waals surface area contributed by atoms with Gasteiger partial charge >= 0.3 is 5.97 Å². The van der Waals surface area contributed by atoms with Crippen LogP contribution in [0.15, 0.2) is 41.3 Å². The second-order valence-corrected chi connectivity index (χ2v) is 13.8. The summed E-state index contributed by atoms with van der Waals surface area (Å²) >= 11 is 1.56. The lowest BCUT2D eigenvalue weighted by Gasteiger charge is -2.36. The first-order valence-electron chi connectivity index (χ1n) is 14.7. The molecule has 2 N–H and O–H groups in total. The topological polar surface area (TPSA) is 109 Å². The minimum atomic E-state index is -1.27. The summed E-state index contributed by atoms with van der Waals surface area (Å²) in [6.07, 6.45) is 2.09. The van der Waals surface area contributed by atoms with Crippen LogP contribution in [0.3, 0.4) is 0 Å². The van der Waals surface area contributed by atoms with Crippen molar-refractivity contribution in [2.45, 2.75) is 110 Å².